The first-order chi connectivity index (χ1) is 13.6. The van der Waals surface area contributed by atoms with E-state index >= 15 is 0 Å². The lowest BCUT2D eigenvalue weighted by Gasteiger charge is -2.27. The lowest BCUT2D eigenvalue weighted by molar-refractivity contribution is 0.0270. The van der Waals surface area contributed by atoms with Gasteiger partial charge in [-0.3, -0.25) is 9.40 Å². The van der Waals surface area contributed by atoms with Crippen LogP contribution in [0.15, 0.2) is 54.6 Å². The molecule has 0 aromatic heterocycles. The van der Waals surface area contributed by atoms with Gasteiger partial charge < -0.3 is 13.8 Å². The monoisotopic (exact) mass is 407 g/mol. The third kappa shape index (κ3) is 6.73. The standard InChI is InChI=1S/C21H30NO5P/c1-4-26-28(23,27-5-2)21(19-11-13-20(24-3)14-12-19)15-16-22-25-17-18-9-7-6-8-10-18/h6-14,21-22H,4-5,15-17H2,1-3H3. The fraction of sp³-hybridized carbons (Fsp3) is 0.429. The van der Waals surface area contributed by atoms with E-state index in [1.54, 1.807) is 7.11 Å². The zero-order valence-electron chi connectivity index (χ0n) is 16.8. The summed E-state index contributed by atoms with van der Waals surface area (Å²) in [4.78, 5) is 5.53. The Balaban J connectivity index is 2.03. The molecule has 2 rings (SSSR count). The summed E-state index contributed by atoms with van der Waals surface area (Å²) in [5.74, 6) is 0.745. The van der Waals surface area contributed by atoms with E-state index in [0.717, 1.165) is 16.9 Å². The molecule has 2 aromatic carbocycles. The molecule has 1 atom stereocenters. The van der Waals surface area contributed by atoms with Crippen LogP contribution in [0, 0.1) is 0 Å². The predicted molar refractivity (Wildman–Crippen MR) is 110 cm³/mol. The Kier molecular flexibility index (Phi) is 9.68. The van der Waals surface area contributed by atoms with E-state index in [4.69, 9.17) is 18.6 Å². The number of rotatable bonds is 13. The zero-order chi connectivity index (χ0) is 20.2. The van der Waals surface area contributed by atoms with Crippen molar-refractivity contribution in [2.45, 2.75) is 32.5 Å². The van der Waals surface area contributed by atoms with Crippen LogP contribution in [0.1, 0.15) is 37.1 Å². The highest BCUT2D eigenvalue weighted by Crippen LogP contribution is 2.62. The topological polar surface area (TPSA) is 66.0 Å². The van der Waals surface area contributed by atoms with Gasteiger partial charge in [-0.2, -0.15) is 0 Å². The average molecular weight is 407 g/mol. The first-order valence-electron chi connectivity index (χ1n) is 9.54. The molecule has 0 radical (unpaired) electrons. The van der Waals surface area contributed by atoms with Gasteiger partial charge in [0.05, 0.1) is 32.6 Å². The fourth-order valence-electron chi connectivity index (χ4n) is 2.89. The average Bonchev–Trinajstić information content (AvgIpc) is 2.72. The second kappa shape index (κ2) is 12.0. The summed E-state index contributed by atoms with van der Waals surface area (Å²) in [6.45, 7) is 5.25. The molecule has 0 bridgehead atoms. The third-order valence-corrected chi connectivity index (χ3v) is 6.76. The Morgan fingerprint density at radius 1 is 0.964 bits per heavy atom. The van der Waals surface area contributed by atoms with Gasteiger partial charge in [-0.1, -0.05) is 42.5 Å². The number of methoxy groups -OCH3 is 1. The van der Waals surface area contributed by atoms with E-state index < -0.39 is 13.3 Å². The summed E-state index contributed by atoms with van der Waals surface area (Å²) in [5, 5.41) is 0. The largest absolute Gasteiger partial charge is 0.497 e. The first kappa shape index (κ1) is 22.6. The van der Waals surface area contributed by atoms with Crippen LogP contribution in [0.4, 0.5) is 0 Å². The van der Waals surface area contributed by atoms with E-state index in [1.165, 1.54) is 0 Å². The first-order valence-corrected chi connectivity index (χ1v) is 11.2. The molecule has 6 nitrogen and oxygen atoms in total. The number of hydrogen-bond donors (Lipinski definition) is 1. The van der Waals surface area contributed by atoms with Crippen molar-refractivity contribution in [2.24, 2.45) is 0 Å². The summed E-state index contributed by atoms with van der Waals surface area (Å²) < 4.78 is 29.8. The molecule has 0 amide bonds. The van der Waals surface area contributed by atoms with Gasteiger partial charge in [0.15, 0.2) is 0 Å². The number of hydrogen-bond acceptors (Lipinski definition) is 6. The molecule has 0 aliphatic heterocycles. The van der Waals surface area contributed by atoms with E-state index in [9.17, 15) is 4.57 Å². The molecule has 154 valence electrons. The van der Waals surface area contributed by atoms with Gasteiger partial charge in [0, 0.05) is 6.54 Å². The Morgan fingerprint density at radius 2 is 1.61 bits per heavy atom. The normalized spacial score (nSPS) is 12.7. The van der Waals surface area contributed by atoms with Crippen LogP contribution in [0.3, 0.4) is 0 Å². The number of nitrogens with one attached hydrogen (secondary N) is 1. The predicted octanol–water partition coefficient (Wildman–Crippen LogP) is 5.11. The second-order valence-corrected chi connectivity index (χ2v) is 8.34. The van der Waals surface area contributed by atoms with Crippen LogP contribution in [-0.4, -0.2) is 26.9 Å². The van der Waals surface area contributed by atoms with Crippen LogP contribution in [0.25, 0.3) is 0 Å². The molecular formula is C21H30NO5P. The maximum Gasteiger partial charge on any atom is 0.338 e. The Bertz CT molecular complexity index is 713. The van der Waals surface area contributed by atoms with Crippen molar-refractivity contribution in [1.29, 1.82) is 0 Å². The molecule has 2 aromatic rings. The van der Waals surface area contributed by atoms with Gasteiger partial charge >= 0.3 is 7.60 Å². The van der Waals surface area contributed by atoms with Crippen LogP contribution in [0.2, 0.25) is 0 Å². The van der Waals surface area contributed by atoms with Crippen LogP contribution in [-0.2, 0) is 25.1 Å². The highest BCUT2D eigenvalue weighted by Gasteiger charge is 2.36. The van der Waals surface area contributed by atoms with E-state index in [1.807, 2.05) is 68.4 Å². The van der Waals surface area contributed by atoms with Crippen molar-refractivity contribution < 1.29 is 23.2 Å². The van der Waals surface area contributed by atoms with E-state index in [-0.39, 0.29) is 0 Å². The number of hydroxylamine groups is 1. The zero-order valence-corrected chi connectivity index (χ0v) is 17.7. The van der Waals surface area contributed by atoms with Gasteiger partial charge in [-0.15, -0.1) is 0 Å². The maximum absolute atomic E-state index is 13.4. The Labute approximate surface area is 167 Å². The molecule has 0 fully saturated rings. The van der Waals surface area contributed by atoms with E-state index in [2.05, 4.69) is 5.48 Å². The van der Waals surface area contributed by atoms with Crippen LogP contribution >= 0.6 is 7.60 Å². The van der Waals surface area contributed by atoms with Crippen LogP contribution in [0.5, 0.6) is 5.75 Å². The minimum atomic E-state index is -3.32. The lowest BCUT2D eigenvalue weighted by Crippen LogP contribution is -2.19. The Morgan fingerprint density at radius 3 is 2.18 bits per heavy atom. The summed E-state index contributed by atoms with van der Waals surface area (Å²) in [7, 11) is -1.70. The molecule has 0 heterocycles. The quantitative estimate of drug-likeness (QED) is 0.283. The lowest BCUT2D eigenvalue weighted by atomic mass is 10.1. The molecule has 0 spiro atoms. The van der Waals surface area contributed by atoms with Gasteiger partial charge in [0.2, 0.25) is 0 Å². The molecule has 0 aliphatic rings. The maximum atomic E-state index is 13.4. The summed E-state index contributed by atoms with van der Waals surface area (Å²) in [6.07, 6.45) is 0.540. The summed E-state index contributed by atoms with van der Waals surface area (Å²) in [6, 6.07) is 17.4. The molecule has 0 saturated heterocycles. The van der Waals surface area contributed by atoms with Crippen molar-refractivity contribution in [3.8, 4) is 5.75 Å². The highest BCUT2D eigenvalue weighted by atomic mass is 31.2. The van der Waals surface area contributed by atoms with Gasteiger partial charge in [0.25, 0.3) is 0 Å². The van der Waals surface area contributed by atoms with Gasteiger partial charge in [-0.25, -0.2) is 5.48 Å². The molecule has 1 N–H and O–H groups in total. The van der Waals surface area contributed by atoms with Crippen molar-refractivity contribution >= 4 is 7.60 Å². The van der Waals surface area contributed by atoms with Crippen LogP contribution < -0.4 is 10.2 Å². The number of ether oxygens (including phenoxy) is 1. The van der Waals surface area contributed by atoms with Crippen molar-refractivity contribution in [3.63, 3.8) is 0 Å². The number of benzene rings is 2. The minimum Gasteiger partial charge on any atom is -0.497 e. The summed E-state index contributed by atoms with van der Waals surface area (Å²) >= 11 is 0. The smallest absolute Gasteiger partial charge is 0.338 e. The van der Waals surface area contributed by atoms with E-state index in [0.29, 0.717) is 32.8 Å². The second-order valence-electron chi connectivity index (χ2n) is 6.12. The van der Waals surface area contributed by atoms with Crippen molar-refractivity contribution in [1.82, 2.24) is 5.48 Å². The Hall–Kier alpha value is -1.69. The van der Waals surface area contributed by atoms with Gasteiger partial charge in [-0.05, 0) is 43.5 Å². The molecule has 0 saturated carbocycles. The molecule has 1 unspecified atom stereocenters. The summed E-state index contributed by atoms with van der Waals surface area (Å²) in [5.41, 5.74) is 4.52. The van der Waals surface area contributed by atoms with Crippen molar-refractivity contribution in [3.05, 3.63) is 65.7 Å². The molecular weight excluding hydrogens is 377 g/mol. The highest BCUT2D eigenvalue weighted by molar-refractivity contribution is 7.54. The molecule has 7 heteroatoms. The molecule has 28 heavy (non-hydrogen) atoms. The fourth-order valence-corrected chi connectivity index (χ4v) is 5.02. The SMILES string of the molecule is CCOP(=O)(OCC)C(CCNOCc1ccccc1)c1ccc(OC)cc1. The third-order valence-electron chi connectivity index (χ3n) is 4.20. The van der Waals surface area contributed by atoms with Crippen molar-refractivity contribution in [2.75, 3.05) is 26.9 Å². The molecule has 0 aliphatic carbocycles. The minimum absolute atomic E-state index is 0.321. The van der Waals surface area contributed by atoms with Gasteiger partial charge in [0.1, 0.15) is 5.75 Å².